The lowest BCUT2D eigenvalue weighted by molar-refractivity contribution is -0.00671. The van der Waals surface area contributed by atoms with Crippen molar-refractivity contribution in [3.8, 4) is 0 Å². The van der Waals surface area contributed by atoms with Crippen molar-refractivity contribution in [2.45, 2.75) is 31.3 Å². The lowest BCUT2D eigenvalue weighted by Crippen LogP contribution is -2.35. The Morgan fingerprint density at radius 3 is 2.60 bits per heavy atom. The summed E-state index contributed by atoms with van der Waals surface area (Å²) in [4.78, 5) is 2.54. The fraction of sp³-hybridized carbons (Fsp3) is 0.647. The number of hydrogen-bond acceptors (Lipinski definition) is 2. The van der Waals surface area contributed by atoms with Gasteiger partial charge in [-0.1, -0.05) is 12.1 Å². The van der Waals surface area contributed by atoms with Gasteiger partial charge < -0.3 is 10.0 Å². The monoisotopic (exact) mass is 275 g/mol. The fourth-order valence-corrected chi connectivity index (χ4v) is 4.30. The average molecular weight is 275 g/mol. The van der Waals surface area contributed by atoms with Crippen LogP contribution in [0, 0.1) is 23.6 Å². The summed E-state index contributed by atoms with van der Waals surface area (Å²) in [5, 5.41) is 11.1. The van der Waals surface area contributed by atoms with E-state index in [-0.39, 0.29) is 5.82 Å². The second kappa shape index (κ2) is 4.54. The number of likely N-dealkylation sites (tertiary alicyclic amines) is 1. The summed E-state index contributed by atoms with van der Waals surface area (Å²) in [5.41, 5.74) is 0.163. The molecule has 1 aromatic carbocycles. The second-order valence-corrected chi connectivity index (χ2v) is 7.00. The highest BCUT2D eigenvalue weighted by molar-refractivity contribution is 5.27. The van der Waals surface area contributed by atoms with Crippen molar-refractivity contribution < 1.29 is 9.50 Å². The first-order valence-electron chi connectivity index (χ1n) is 7.86. The molecule has 3 unspecified atom stereocenters. The van der Waals surface area contributed by atoms with Gasteiger partial charge in [-0.15, -0.1) is 0 Å². The van der Waals surface area contributed by atoms with Crippen LogP contribution < -0.4 is 0 Å². The molecule has 0 radical (unpaired) electrons. The lowest BCUT2D eigenvalue weighted by Gasteiger charge is -2.31. The van der Waals surface area contributed by atoms with Gasteiger partial charge in [0.2, 0.25) is 0 Å². The van der Waals surface area contributed by atoms with Gasteiger partial charge in [-0.2, -0.15) is 0 Å². The Morgan fingerprint density at radius 1 is 1.15 bits per heavy atom. The van der Waals surface area contributed by atoms with Crippen LogP contribution in [0.5, 0.6) is 0 Å². The van der Waals surface area contributed by atoms with Gasteiger partial charge in [-0.3, -0.25) is 0 Å². The molecule has 0 bridgehead atoms. The molecule has 3 fully saturated rings. The maximum absolute atomic E-state index is 13.1. The molecular weight excluding hydrogens is 253 g/mol. The molecule has 3 atom stereocenters. The van der Waals surface area contributed by atoms with E-state index in [4.69, 9.17) is 0 Å². The molecule has 3 heteroatoms. The summed E-state index contributed by atoms with van der Waals surface area (Å²) in [6, 6.07) is 6.47. The smallest absolute Gasteiger partial charge is 0.123 e. The highest BCUT2D eigenvalue weighted by Crippen LogP contribution is 2.51. The molecule has 0 spiro atoms. The minimum Gasteiger partial charge on any atom is -0.385 e. The second-order valence-electron chi connectivity index (χ2n) is 7.00. The van der Waals surface area contributed by atoms with Crippen molar-refractivity contribution in [3.63, 3.8) is 0 Å². The predicted octanol–water partition coefficient (Wildman–Crippen LogP) is 2.77. The number of benzene rings is 1. The van der Waals surface area contributed by atoms with Crippen molar-refractivity contribution in [2.24, 2.45) is 17.8 Å². The molecule has 20 heavy (non-hydrogen) atoms. The Bertz CT molecular complexity index is 498. The van der Waals surface area contributed by atoms with Crippen LogP contribution in [0.1, 0.15) is 31.2 Å². The average Bonchev–Trinajstić information content (AvgIpc) is 3.06. The summed E-state index contributed by atoms with van der Waals surface area (Å²) >= 11 is 0. The van der Waals surface area contributed by atoms with Crippen LogP contribution in [0.15, 0.2) is 24.3 Å². The Morgan fingerprint density at radius 2 is 1.90 bits per heavy atom. The van der Waals surface area contributed by atoms with E-state index >= 15 is 0 Å². The Hall–Kier alpha value is -0.930. The lowest BCUT2D eigenvalue weighted by atomic mass is 9.82. The molecule has 1 aliphatic heterocycles. The van der Waals surface area contributed by atoms with Gasteiger partial charge in [0.1, 0.15) is 5.82 Å². The summed E-state index contributed by atoms with van der Waals surface area (Å²) in [6.45, 7) is 3.37. The molecule has 1 aromatic rings. The van der Waals surface area contributed by atoms with Crippen molar-refractivity contribution in [2.75, 3.05) is 19.6 Å². The zero-order valence-corrected chi connectivity index (χ0v) is 11.8. The van der Waals surface area contributed by atoms with E-state index in [1.54, 1.807) is 12.1 Å². The van der Waals surface area contributed by atoms with Gasteiger partial charge >= 0.3 is 0 Å². The van der Waals surface area contributed by atoms with E-state index in [1.165, 1.54) is 31.5 Å². The fourth-order valence-electron chi connectivity index (χ4n) is 4.30. The zero-order chi connectivity index (χ0) is 13.7. The van der Waals surface area contributed by atoms with Crippen molar-refractivity contribution >= 4 is 0 Å². The highest BCUT2D eigenvalue weighted by atomic mass is 19.1. The minimum atomic E-state index is -0.739. The van der Waals surface area contributed by atoms with Crippen molar-refractivity contribution in [3.05, 3.63) is 35.6 Å². The first-order chi connectivity index (χ1) is 9.65. The molecule has 0 amide bonds. The van der Waals surface area contributed by atoms with Crippen LogP contribution in [0.4, 0.5) is 4.39 Å². The van der Waals surface area contributed by atoms with Gasteiger partial charge in [-0.25, -0.2) is 4.39 Å². The van der Waals surface area contributed by atoms with Crippen LogP contribution in [0.3, 0.4) is 0 Å². The molecule has 2 nitrogen and oxygen atoms in total. The normalized spacial score (nSPS) is 37.3. The SMILES string of the molecule is OC1(c2ccc(F)cc2)CCC2CN(CC3CC3)CC21. The quantitative estimate of drug-likeness (QED) is 0.917. The molecular formula is C17H22FNO. The number of fused-ring (bicyclic) bond motifs is 1. The van der Waals surface area contributed by atoms with Crippen LogP contribution in [-0.4, -0.2) is 29.6 Å². The Kier molecular flexibility index (Phi) is 2.90. The van der Waals surface area contributed by atoms with Crippen LogP contribution in [-0.2, 0) is 5.60 Å². The third kappa shape index (κ3) is 2.08. The first kappa shape index (κ1) is 12.8. The maximum atomic E-state index is 13.1. The van der Waals surface area contributed by atoms with Gasteiger partial charge in [0.15, 0.2) is 0 Å². The molecule has 4 rings (SSSR count). The Labute approximate surface area is 119 Å². The van der Waals surface area contributed by atoms with E-state index in [9.17, 15) is 9.50 Å². The molecule has 1 saturated heterocycles. The van der Waals surface area contributed by atoms with Crippen LogP contribution in [0.25, 0.3) is 0 Å². The van der Waals surface area contributed by atoms with E-state index in [2.05, 4.69) is 4.90 Å². The standard InChI is InChI=1S/C17H22FNO/c18-15-5-3-14(4-6-15)17(20)8-7-13-10-19(11-16(13)17)9-12-1-2-12/h3-6,12-13,16,20H,1-2,7-11H2. The van der Waals surface area contributed by atoms with E-state index in [0.717, 1.165) is 37.4 Å². The zero-order valence-electron chi connectivity index (χ0n) is 11.8. The van der Waals surface area contributed by atoms with Crippen LogP contribution in [0.2, 0.25) is 0 Å². The highest BCUT2D eigenvalue weighted by Gasteiger charge is 2.52. The molecule has 3 aliphatic rings. The maximum Gasteiger partial charge on any atom is 0.123 e. The number of halogens is 1. The van der Waals surface area contributed by atoms with Gasteiger partial charge in [-0.05, 0) is 55.2 Å². The minimum absolute atomic E-state index is 0.228. The molecule has 2 aliphatic carbocycles. The van der Waals surface area contributed by atoms with Crippen molar-refractivity contribution in [1.29, 1.82) is 0 Å². The van der Waals surface area contributed by atoms with E-state index in [0.29, 0.717) is 11.8 Å². The Balaban J connectivity index is 1.54. The summed E-state index contributed by atoms with van der Waals surface area (Å²) in [7, 11) is 0. The van der Waals surface area contributed by atoms with Crippen LogP contribution >= 0.6 is 0 Å². The third-order valence-corrected chi connectivity index (χ3v) is 5.58. The first-order valence-corrected chi connectivity index (χ1v) is 7.86. The number of rotatable bonds is 3. The molecule has 1 N–H and O–H groups in total. The van der Waals surface area contributed by atoms with Gasteiger partial charge in [0.05, 0.1) is 5.60 Å². The summed E-state index contributed by atoms with van der Waals surface area (Å²) in [5.74, 6) is 1.62. The number of nitrogens with zero attached hydrogens (tertiary/aromatic N) is 1. The predicted molar refractivity (Wildman–Crippen MR) is 75.7 cm³/mol. The third-order valence-electron chi connectivity index (χ3n) is 5.58. The number of aliphatic hydroxyl groups is 1. The molecule has 2 saturated carbocycles. The van der Waals surface area contributed by atoms with E-state index in [1.807, 2.05) is 0 Å². The summed E-state index contributed by atoms with van der Waals surface area (Å²) < 4.78 is 13.1. The topological polar surface area (TPSA) is 23.5 Å². The molecule has 1 heterocycles. The molecule has 0 aromatic heterocycles. The summed E-state index contributed by atoms with van der Waals surface area (Å²) in [6.07, 6.45) is 4.69. The van der Waals surface area contributed by atoms with E-state index < -0.39 is 5.60 Å². The largest absolute Gasteiger partial charge is 0.385 e. The van der Waals surface area contributed by atoms with Gasteiger partial charge in [0.25, 0.3) is 0 Å². The molecule has 108 valence electrons. The number of hydrogen-bond donors (Lipinski definition) is 1. The van der Waals surface area contributed by atoms with Crippen molar-refractivity contribution in [1.82, 2.24) is 4.90 Å². The van der Waals surface area contributed by atoms with Gasteiger partial charge in [0, 0.05) is 25.6 Å².